The van der Waals surface area contributed by atoms with Crippen LogP contribution in [0.5, 0.6) is 5.75 Å². The molecule has 3 N–H and O–H groups in total. The minimum atomic E-state index is -1.26. The van der Waals surface area contributed by atoms with Crippen molar-refractivity contribution in [3.05, 3.63) is 77.7 Å². The third-order valence-electron chi connectivity index (χ3n) is 6.14. The molecule has 34 heavy (non-hydrogen) atoms. The van der Waals surface area contributed by atoms with E-state index in [4.69, 9.17) is 10.5 Å². The van der Waals surface area contributed by atoms with Crippen molar-refractivity contribution in [3.8, 4) is 16.9 Å². The topological polar surface area (TPSA) is 85.7 Å². The molecule has 0 aliphatic rings. The first-order chi connectivity index (χ1) is 16.2. The lowest BCUT2D eigenvalue weighted by molar-refractivity contribution is -0.0165. The second-order valence-corrected chi connectivity index (χ2v) is 8.32. The molecule has 6 nitrogen and oxygen atoms in total. The van der Waals surface area contributed by atoms with Gasteiger partial charge in [0.25, 0.3) is 0 Å². The minimum Gasteiger partial charge on any atom is -0.488 e. The van der Waals surface area contributed by atoms with Crippen molar-refractivity contribution in [1.29, 1.82) is 0 Å². The maximum Gasteiger partial charge on any atom is 0.240 e. The van der Waals surface area contributed by atoms with Crippen molar-refractivity contribution < 1.29 is 23.0 Å². The molecule has 0 saturated carbocycles. The van der Waals surface area contributed by atoms with E-state index in [1.165, 1.54) is 34.8 Å². The summed E-state index contributed by atoms with van der Waals surface area (Å²) in [5.74, 6) is -2.75. The zero-order valence-corrected chi connectivity index (χ0v) is 18.8. The van der Waals surface area contributed by atoms with Gasteiger partial charge in [0.15, 0.2) is 23.0 Å². The van der Waals surface area contributed by atoms with Crippen molar-refractivity contribution in [2.24, 2.45) is 5.92 Å². The van der Waals surface area contributed by atoms with Crippen LogP contribution < -0.4 is 10.5 Å². The molecule has 2 atom stereocenters. The average Bonchev–Trinajstić information content (AvgIpc) is 3.18. The lowest BCUT2D eigenvalue weighted by Gasteiger charge is -2.33. The van der Waals surface area contributed by atoms with Crippen molar-refractivity contribution in [2.45, 2.75) is 32.3 Å². The quantitative estimate of drug-likeness (QED) is 0.374. The van der Waals surface area contributed by atoms with Gasteiger partial charge in [-0.2, -0.15) is 4.98 Å². The first kappa shape index (κ1) is 23.6. The summed E-state index contributed by atoms with van der Waals surface area (Å²) in [7, 11) is 0. The van der Waals surface area contributed by atoms with E-state index in [0.717, 1.165) is 6.07 Å². The number of anilines is 1. The Hall–Kier alpha value is -3.59. The highest BCUT2D eigenvalue weighted by Crippen LogP contribution is 2.35. The first-order valence-corrected chi connectivity index (χ1v) is 10.9. The standard InChI is InChI=1S/C25H25F3N4O2/c1-3-16(25(2,33)17-4-6-18(26)7-5-17)11-13-34-23-20(27)9-8-19(22(23)28)15-10-12-32-21(14-15)30-24(29)31-32/h4-10,12,14,16,33H,3,11,13H2,1-2H3,(H2,29,31). The fourth-order valence-corrected chi connectivity index (χ4v) is 4.16. The highest BCUT2D eigenvalue weighted by molar-refractivity contribution is 5.69. The zero-order valence-electron chi connectivity index (χ0n) is 18.8. The summed E-state index contributed by atoms with van der Waals surface area (Å²) in [6.45, 7) is 3.52. The first-order valence-electron chi connectivity index (χ1n) is 10.9. The SMILES string of the molecule is CCC(CCOc1c(F)ccc(-c2ccn3nc(N)nc3c2)c1F)C(C)(O)c1ccc(F)cc1. The monoisotopic (exact) mass is 470 g/mol. The van der Waals surface area contributed by atoms with Crippen LogP contribution in [-0.4, -0.2) is 26.3 Å². The van der Waals surface area contributed by atoms with E-state index in [2.05, 4.69) is 10.1 Å². The second-order valence-electron chi connectivity index (χ2n) is 8.32. The number of hydrogen-bond acceptors (Lipinski definition) is 5. The molecule has 0 aliphatic heterocycles. The van der Waals surface area contributed by atoms with Gasteiger partial charge in [0.1, 0.15) is 5.82 Å². The molecule has 0 radical (unpaired) electrons. The molecule has 2 aromatic heterocycles. The van der Waals surface area contributed by atoms with Crippen LogP contribution in [0.25, 0.3) is 16.8 Å². The smallest absolute Gasteiger partial charge is 0.240 e. The number of ether oxygens (including phenoxy) is 1. The van der Waals surface area contributed by atoms with E-state index in [9.17, 15) is 13.9 Å². The number of pyridine rings is 1. The van der Waals surface area contributed by atoms with Gasteiger partial charge in [0.2, 0.25) is 5.95 Å². The van der Waals surface area contributed by atoms with E-state index in [-0.39, 0.29) is 24.0 Å². The number of fused-ring (bicyclic) bond motifs is 1. The summed E-state index contributed by atoms with van der Waals surface area (Å²) in [5, 5.41) is 15.1. The van der Waals surface area contributed by atoms with Gasteiger partial charge < -0.3 is 15.6 Å². The Kier molecular flexibility index (Phi) is 6.47. The fraction of sp³-hybridized carbons (Fsp3) is 0.280. The molecule has 9 heteroatoms. The van der Waals surface area contributed by atoms with Crippen molar-refractivity contribution in [1.82, 2.24) is 14.6 Å². The molecule has 0 amide bonds. The largest absolute Gasteiger partial charge is 0.488 e. The summed E-state index contributed by atoms with van der Waals surface area (Å²) >= 11 is 0. The van der Waals surface area contributed by atoms with E-state index >= 15 is 4.39 Å². The number of hydrogen-bond donors (Lipinski definition) is 2. The molecule has 0 bridgehead atoms. The van der Waals surface area contributed by atoms with Crippen LogP contribution in [0.1, 0.15) is 32.3 Å². The van der Waals surface area contributed by atoms with Crippen molar-refractivity contribution in [2.75, 3.05) is 12.3 Å². The third-order valence-corrected chi connectivity index (χ3v) is 6.14. The molecule has 2 unspecified atom stereocenters. The average molecular weight is 470 g/mol. The highest BCUT2D eigenvalue weighted by atomic mass is 19.1. The summed E-state index contributed by atoms with van der Waals surface area (Å²) in [5.41, 5.74) is 5.93. The van der Waals surface area contributed by atoms with Crippen molar-refractivity contribution in [3.63, 3.8) is 0 Å². The Bertz CT molecular complexity index is 1310. The lowest BCUT2D eigenvalue weighted by atomic mass is 9.79. The zero-order chi connectivity index (χ0) is 24.5. The molecule has 4 rings (SSSR count). The maximum atomic E-state index is 15.3. The Morgan fingerprint density at radius 3 is 2.56 bits per heavy atom. The number of benzene rings is 2. The summed E-state index contributed by atoms with van der Waals surface area (Å²) in [4.78, 5) is 4.06. The van der Waals surface area contributed by atoms with Gasteiger partial charge in [-0.15, -0.1) is 5.10 Å². The van der Waals surface area contributed by atoms with E-state index in [0.29, 0.717) is 29.6 Å². The van der Waals surface area contributed by atoms with Crippen molar-refractivity contribution >= 4 is 11.6 Å². The van der Waals surface area contributed by atoms with Gasteiger partial charge in [-0.05, 0) is 66.8 Å². The Balaban J connectivity index is 1.52. The number of aliphatic hydroxyl groups is 1. The van der Waals surface area contributed by atoms with Gasteiger partial charge in [0, 0.05) is 11.8 Å². The van der Waals surface area contributed by atoms with Crippen LogP contribution >= 0.6 is 0 Å². The molecular weight excluding hydrogens is 445 g/mol. The van der Waals surface area contributed by atoms with Crippen LogP contribution in [0.3, 0.4) is 0 Å². The highest BCUT2D eigenvalue weighted by Gasteiger charge is 2.32. The normalized spacial score (nSPS) is 14.2. The fourth-order valence-electron chi connectivity index (χ4n) is 4.16. The number of nitrogens with two attached hydrogens (primary N) is 1. The van der Waals surface area contributed by atoms with Crippen LogP contribution in [-0.2, 0) is 5.60 Å². The van der Waals surface area contributed by atoms with E-state index in [1.807, 2.05) is 6.92 Å². The predicted molar refractivity (Wildman–Crippen MR) is 123 cm³/mol. The van der Waals surface area contributed by atoms with E-state index in [1.54, 1.807) is 25.3 Å². The third kappa shape index (κ3) is 4.56. The van der Waals surface area contributed by atoms with E-state index < -0.39 is 28.8 Å². The number of nitrogen functional groups attached to an aromatic ring is 1. The molecular formula is C25H25F3N4O2. The molecule has 0 aliphatic carbocycles. The predicted octanol–water partition coefficient (Wildman–Crippen LogP) is 5.10. The number of nitrogens with zero attached hydrogens (tertiary/aromatic N) is 3. The Morgan fingerprint density at radius 2 is 1.85 bits per heavy atom. The molecule has 178 valence electrons. The molecule has 2 aromatic carbocycles. The van der Waals surface area contributed by atoms with Gasteiger partial charge in [-0.1, -0.05) is 25.5 Å². The van der Waals surface area contributed by atoms with Gasteiger partial charge in [-0.25, -0.2) is 17.7 Å². The maximum absolute atomic E-state index is 15.3. The molecule has 2 heterocycles. The Labute approximate surface area is 194 Å². The summed E-state index contributed by atoms with van der Waals surface area (Å²) in [6, 6.07) is 11.3. The Morgan fingerprint density at radius 1 is 1.12 bits per heavy atom. The van der Waals surface area contributed by atoms with Crippen LogP contribution in [0, 0.1) is 23.4 Å². The van der Waals surface area contributed by atoms with Gasteiger partial charge in [0.05, 0.1) is 12.2 Å². The summed E-state index contributed by atoms with van der Waals surface area (Å²) < 4.78 is 50.0. The molecule has 4 aromatic rings. The molecule has 0 spiro atoms. The molecule has 0 fully saturated rings. The minimum absolute atomic E-state index is 0.0209. The van der Waals surface area contributed by atoms with Crippen LogP contribution in [0.4, 0.5) is 19.1 Å². The van der Waals surface area contributed by atoms with Crippen LogP contribution in [0.15, 0.2) is 54.7 Å². The number of halogens is 3. The number of rotatable bonds is 8. The van der Waals surface area contributed by atoms with Gasteiger partial charge >= 0.3 is 0 Å². The van der Waals surface area contributed by atoms with Crippen LogP contribution in [0.2, 0.25) is 0 Å². The molecule has 0 saturated heterocycles. The van der Waals surface area contributed by atoms with Gasteiger partial charge in [-0.3, -0.25) is 0 Å². The lowest BCUT2D eigenvalue weighted by Crippen LogP contribution is -2.32. The summed E-state index contributed by atoms with van der Waals surface area (Å²) in [6.07, 6.45) is 2.50. The number of aromatic nitrogens is 3. The second kappa shape index (κ2) is 9.34.